The van der Waals surface area contributed by atoms with Gasteiger partial charge in [0.1, 0.15) is 6.23 Å². The number of amides is 1. The van der Waals surface area contributed by atoms with E-state index in [2.05, 4.69) is 5.32 Å². The maximum Gasteiger partial charge on any atom is 0.228 e. The van der Waals surface area contributed by atoms with Gasteiger partial charge in [0, 0.05) is 17.5 Å². The number of aliphatic hydroxyl groups is 1. The minimum atomic E-state index is -0.615. The quantitative estimate of drug-likeness (QED) is 0.715. The molecule has 0 heterocycles. The molecular weight excluding hydrogens is 216 g/mol. The fraction of sp³-hybridized carbons (Fsp3) is 0.923. The average Bonchev–Trinajstić information content (AvgIpc) is 2.95. The maximum atomic E-state index is 12.2. The number of rotatable bonds is 5. The molecular formula is C13H26N2O2. The summed E-state index contributed by atoms with van der Waals surface area (Å²) in [5.74, 6) is 0.0872. The summed E-state index contributed by atoms with van der Waals surface area (Å²) in [6.45, 7) is 10.0. The van der Waals surface area contributed by atoms with E-state index in [1.54, 1.807) is 4.90 Å². The van der Waals surface area contributed by atoms with Gasteiger partial charge in [-0.2, -0.15) is 0 Å². The average molecular weight is 242 g/mol. The van der Waals surface area contributed by atoms with Crippen LogP contribution in [0, 0.1) is 5.41 Å². The van der Waals surface area contributed by atoms with Crippen molar-refractivity contribution in [1.29, 1.82) is 0 Å². The Balaban J connectivity index is 2.55. The number of hydrogen-bond acceptors (Lipinski definition) is 3. The van der Waals surface area contributed by atoms with Crippen molar-refractivity contribution in [2.75, 3.05) is 6.54 Å². The zero-order valence-corrected chi connectivity index (χ0v) is 11.7. The van der Waals surface area contributed by atoms with Crippen LogP contribution in [0.25, 0.3) is 0 Å². The molecule has 1 rings (SSSR count). The molecule has 0 bridgehead atoms. The Hall–Kier alpha value is -0.610. The molecule has 0 spiro atoms. The van der Waals surface area contributed by atoms with Crippen molar-refractivity contribution in [2.24, 2.45) is 5.41 Å². The van der Waals surface area contributed by atoms with Gasteiger partial charge in [-0.05, 0) is 26.7 Å². The van der Waals surface area contributed by atoms with Crippen LogP contribution in [0.3, 0.4) is 0 Å². The topological polar surface area (TPSA) is 52.6 Å². The molecule has 0 aromatic heterocycles. The third-order valence-corrected chi connectivity index (χ3v) is 2.90. The van der Waals surface area contributed by atoms with E-state index < -0.39 is 11.6 Å². The predicted molar refractivity (Wildman–Crippen MR) is 68.5 cm³/mol. The van der Waals surface area contributed by atoms with Crippen molar-refractivity contribution in [3.05, 3.63) is 0 Å². The van der Waals surface area contributed by atoms with Crippen LogP contribution >= 0.6 is 0 Å². The highest BCUT2D eigenvalue weighted by molar-refractivity contribution is 5.81. The Kier molecular flexibility index (Phi) is 4.55. The Morgan fingerprint density at radius 1 is 1.41 bits per heavy atom. The van der Waals surface area contributed by atoms with Gasteiger partial charge < -0.3 is 10.0 Å². The number of carbonyl (C=O) groups is 1. The van der Waals surface area contributed by atoms with E-state index in [1.807, 2.05) is 34.6 Å². The third kappa shape index (κ3) is 4.64. The molecule has 0 aliphatic heterocycles. The first-order chi connectivity index (χ1) is 7.71. The van der Waals surface area contributed by atoms with Crippen molar-refractivity contribution in [3.8, 4) is 0 Å². The lowest BCUT2D eigenvalue weighted by atomic mass is 9.94. The van der Waals surface area contributed by atoms with Gasteiger partial charge in [0.2, 0.25) is 5.91 Å². The summed E-state index contributed by atoms with van der Waals surface area (Å²) in [4.78, 5) is 14.0. The van der Waals surface area contributed by atoms with Gasteiger partial charge in [-0.3, -0.25) is 10.1 Å². The SMILES string of the molecule is CC(C)N(CC(O)NC1CC1)C(=O)C(C)(C)C. The molecule has 4 nitrogen and oxygen atoms in total. The molecule has 1 amide bonds. The minimum absolute atomic E-state index is 0.0872. The number of nitrogens with one attached hydrogen (secondary N) is 1. The molecule has 17 heavy (non-hydrogen) atoms. The minimum Gasteiger partial charge on any atom is -0.377 e. The predicted octanol–water partition coefficient (Wildman–Crippen LogP) is 1.34. The normalized spacial score (nSPS) is 18.3. The van der Waals surface area contributed by atoms with Gasteiger partial charge in [0.25, 0.3) is 0 Å². The Bertz CT molecular complexity index is 267. The maximum absolute atomic E-state index is 12.2. The van der Waals surface area contributed by atoms with Crippen LogP contribution in [0.4, 0.5) is 0 Å². The summed E-state index contributed by atoms with van der Waals surface area (Å²) in [6.07, 6.45) is 1.65. The van der Waals surface area contributed by atoms with Gasteiger partial charge in [-0.15, -0.1) is 0 Å². The van der Waals surface area contributed by atoms with Gasteiger partial charge >= 0.3 is 0 Å². The molecule has 1 fully saturated rings. The molecule has 0 radical (unpaired) electrons. The second kappa shape index (κ2) is 5.36. The van der Waals surface area contributed by atoms with Gasteiger partial charge in [0.15, 0.2) is 0 Å². The summed E-state index contributed by atoms with van der Waals surface area (Å²) in [5.41, 5.74) is -0.399. The molecule has 1 saturated carbocycles. The standard InChI is InChI=1S/C13H26N2O2/c1-9(2)15(12(17)13(3,4)5)8-11(16)14-10-6-7-10/h9-11,14,16H,6-8H2,1-5H3. The van der Waals surface area contributed by atoms with Crippen LogP contribution < -0.4 is 5.32 Å². The third-order valence-electron chi connectivity index (χ3n) is 2.90. The summed E-state index contributed by atoms with van der Waals surface area (Å²) < 4.78 is 0. The molecule has 0 saturated heterocycles. The fourth-order valence-corrected chi connectivity index (χ4v) is 1.72. The molecule has 1 aliphatic carbocycles. The van der Waals surface area contributed by atoms with Crippen LogP contribution in [0.2, 0.25) is 0 Å². The van der Waals surface area contributed by atoms with Crippen molar-refractivity contribution < 1.29 is 9.90 Å². The van der Waals surface area contributed by atoms with Crippen LogP contribution in [0.5, 0.6) is 0 Å². The number of aliphatic hydroxyl groups excluding tert-OH is 1. The van der Waals surface area contributed by atoms with Gasteiger partial charge in [-0.1, -0.05) is 20.8 Å². The van der Waals surface area contributed by atoms with Gasteiger partial charge in [-0.25, -0.2) is 0 Å². The summed E-state index contributed by atoms with van der Waals surface area (Å²) in [7, 11) is 0. The van der Waals surface area contributed by atoms with E-state index in [0.29, 0.717) is 12.6 Å². The van der Waals surface area contributed by atoms with E-state index in [1.165, 1.54) is 0 Å². The summed E-state index contributed by atoms with van der Waals surface area (Å²) >= 11 is 0. The molecule has 0 aromatic carbocycles. The van der Waals surface area contributed by atoms with E-state index in [-0.39, 0.29) is 11.9 Å². The van der Waals surface area contributed by atoms with Crippen LogP contribution in [0.1, 0.15) is 47.5 Å². The lowest BCUT2D eigenvalue weighted by Crippen LogP contribution is -2.50. The number of carbonyl (C=O) groups excluding carboxylic acids is 1. The Labute approximate surface area is 104 Å². The molecule has 100 valence electrons. The lowest BCUT2D eigenvalue weighted by Gasteiger charge is -2.34. The van der Waals surface area contributed by atoms with Crippen molar-refractivity contribution in [2.45, 2.75) is 65.8 Å². The zero-order chi connectivity index (χ0) is 13.2. The molecule has 1 atom stereocenters. The fourth-order valence-electron chi connectivity index (χ4n) is 1.72. The Morgan fingerprint density at radius 3 is 2.29 bits per heavy atom. The summed E-state index contributed by atoms with van der Waals surface area (Å²) in [6, 6.07) is 0.557. The second-order valence-electron chi connectivity index (χ2n) is 6.26. The lowest BCUT2D eigenvalue weighted by molar-refractivity contribution is -0.143. The second-order valence-corrected chi connectivity index (χ2v) is 6.26. The van der Waals surface area contributed by atoms with Crippen LogP contribution in [0.15, 0.2) is 0 Å². The molecule has 4 heteroatoms. The molecule has 2 N–H and O–H groups in total. The molecule has 0 aromatic rings. The van der Waals surface area contributed by atoms with Crippen LogP contribution in [-0.4, -0.2) is 40.8 Å². The highest BCUT2D eigenvalue weighted by atomic mass is 16.3. The largest absolute Gasteiger partial charge is 0.377 e. The first-order valence-corrected chi connectivity index (χ1v) is 6.47. The number of nitrogens with zero attached hydrogens (tertiary/aromatic N) is 1. The van der Waals surface area contributed by atoms with Crippen molar-refractivity contribution in [1.82, 2.24) is 10.2 Å². The highest BCUT2D eigenvalue weighted by Gasteiger charge is 2.31. The van der Waals surface area contributed by atoms with Crippen molar-refractivity contribution in [3.63, 3.8) is 0 Å². The van der Waals surface area contributed by atoms with Crippen molar-refractivity contribution >= 4 is 5.91 Å². The zero-order valence-electron chi connectivity index (χ0n) is 11.7. The highest BCUT2D eigenvalue weighted by Crippen LogP contribution is 2.21. The first kappa shape index (κ1) is 14.5. The molecule has 1 unspecified atom stereocenters. The first-order valence-electron chi connectivity index (χ1n) is 6.47. The van der Waals surface area contributed by atoms with Crippen LogP contribution in [-0.2, 0) is 4.79 Å². The van der Waals surface area contributed by atoms with E-state index in [0.717, 1.165) is 12.8 Å². The van der Waals surface area contributed by atoms with E-state index >= 15 is 0 Å². The smallest absolute Gasteiger partial charge is 0.228 e. The van der Waals surface area contributed by atoms with E-state index in [9.17, 15) is 9.90 Å². The monoisotopic (exact) mass is 242 g/mol. The number of hydrogen-bond donors (Lipinski definition) is 2. The van der Waals surface area contributed by atoms with E-state index in [4.69, 9.17) is 0 Å². The molecule has 1 aliphatic rings. The Morgan fingerprint density at radius 2 is 1.94 bits per heavy atom. The van der Waals surface area contributed by atoms with Gasteiger partial charge in [0.05, 0.1) is 6.54 Å². The summed E-state index contributed by atoms with van der Waals surface area (Å²) in [5, 5.41) is 13.0.